The summed E-state index contributed by atoms with van der Waals surface area (Å²) >= 11 is 0. The topological polar surface area (TPSA) is 46.5 Å². The summed E-state index contributed by atoms with van der Waals surface area (Å²) in [6.07, 6.45) is 3.29. The van der Waals surface area contributed by atoms with E-state index < -0.39 is 5.97 Å². The van der Waals surface area contributed by atoms with Gasteiger partial charge in [-0.3, -0.25) is 0 Å². The highest BCUT2D eigenvalue weighted by Gasteiger charge is 2.18. The number of carboxylic acids is 1. The first kappa shape index (κ1) is 17.5. The van der Waals surface area contributed by atoms with E-state index in [1.165, 1.54) is 5.56 Å². The van der Waals surface area contributed by atoms with Gasteiger partial charge in [-0.25, -0.2) is 4.79 Å². The van der Waals surface area contributed by atoms with E-state index in [-0.39, 0.29) is 11.0 Å². The Hall–Kier alpha value is -1.51. The minimum absolute atomic E-state index is 0.000641. The number of ether oxygens (including phenoxy) is 1. The van der Waals surface area contributed by atoms with Crippen molar-refractivity contribution in [1.82, 2.24) is 0 Å². The lowest BCUT2D eigenvalue weighted by atomic mass is 9.91. The molecule has 0 aromatic heterocycles. The number of benzene rings is 1. The van der Waals surface area contributed by atoms with Gasteiger partial charge in [0.1, 0.15) is 11.3 Å². The Kier molecular flexibility index (Phi) is 6.25. The van der Waals surface area contributed by atoms with Gasteiger partial charge in [0.2, 0.25) is 0 Å². The average Bonchev–Trinajstić information content (AvgIpc) is 2.41. The van der Waals surface area contributed by atoms with E-state index in [1.807, 2.05) is 12.1 Å². The van der Waals surface area contributed by atoms with Crippen molar-refractivity contribution in [2.75, 3.05) is 6.61 Å². The summed E-state index contributed by atoms with van der Waals surface area (Å²) < 4.78 is 5.80. The van der Waals surface area contributed by atoms with E-state index in [9.17, 15) is 9.90 Å². The van der Waals surface area contributed by atoms with Crippen LogP contribution in [0.5, 0.6) is 5.75 Å². The van der Waals surface area contributed by atoms with Crippen LogP contribution in [0.25, 0.3) is 0 Å². The lowest BCUT2D eigenvalue weighted by Gasteiger charge is -2.21. The van der Waals surface area contributed by atoms with E-state index >= 15 is 0 Å². The molecule has 0 fully saturated rings. The molecule has 1 unspecified atom stereocenters. The summed E-state index contributed by atoms with van der Waals surface area (Å²) in [5.74, 6) is 0.0216. The van der Waals surface area contributed by atoms with Gasteiger partial charge in [-0.05, 0) is 41.9 Å². The predicted octanol–water partition coefficient (Wildman–Crippen LogP) is 5.10. The van der Waals surface area contributed by atoms with E-state index in [1.54, 1.807) is 6.07 Å². The third kappa shape index (κ3) is 5.41. The zero-order valence-corrected chi connectivity index (χ0v) is 13.9. The van der Waals surface area contributed by atoms with Gasteiger partial charge in [-0.1, -0.05) is 47.1 Å². The fourth-order valence-electron chi connectivity index (χ4n) is 2.34. The van der Waals surface area contributed by atoms with Gasteiger partial charge in [0.05, 0.1) is 6.61 Å². The number of rotatable bonds is 7. The standard InChI is InChI=1S/C18H28O3/c1-6-8-13(7-2)14-9-10-15(17(19)20)16(11-14)21-12-18(3,4)5/h9-11,13H,6-8,12H2,1-5H3,(H,19,20). The van der Waals surface area contributed by atoms with Crippen molar-refractivity contribution in [2.24, 2.45) is 5.41 Å². The van der Waals surface area contributed by atoms with Crippen LogP contribution < -0.4 is 4.74 Å². The van der Waals surface area contributed by atoms with Gasteiger partial charge in [0, 0.05) is 0 Å². The van der Waals surface area contributed by atoms with E-state index in [2.05, 4.69) is 34.6 Å². The van der Waals surface area contributed by atoms with Crippen molar-refractivity contribution >= 4 is 5.97 Å². The van der Waals surface area contributed by atoms with Crippen LogP contribution in [0.4, 0.5) is 0 Å². The summed E-state index contributed by atoms with van der Waals surface area (Å²) in [7, 11) is 0. The Morgan fingerprint density at radius 2 is 1.95 bits per heavy atom. The van der Waals surface area contributed by atoms with Crippen LogP contribution in [-0.4, -0.2) is 17.7 Å². The molecule has 0 saturated carbocycles. The number of carboxylic acid groups (broad SMARTS) is 1. The molecule has 0 aliphatic carbocycles. The molecule has 0 aliphatic rings. The SMILES string of the molecule is CCCC(CC)c1ccc(C(=O)O)c(OCC(C)(C)C)c1. The number of hydrogen-bond acceptors (Lipinski definition) is 2. The summed E-state index contributed by atoms with van der Waals surface area (Å²) in [6.45, 7) is 11.1. The first-order valence-corrected chi connectivity index (χ1v) is 7.78. The van der Waals surface area contributed by atoms with Gasteiger partial charge in [0.15, 0.2) is 0 Å². The third-order valence-corrected chi connectivity index (χ3v) is 3.50. The molecule has 0 heterocycles. The minimum atomic E-state index is -0.936. The molecule has 1 N–H and O–H groups in total. The molecule has 0 saturated heterocycles. The van der Waals surface area contributed by atoms with Crippen molar-refractivity contribution in [3.8, 4) is 5.75 Å². The quantitative estimate of drug-likeness (QED) is 0.760. The number of aromatic carboxylic acids is 1. The van der Waals surface area contributed by atoms with Crippen molar-refractivity contribution in [1.29, 1.82) is 0 Å². The maximum absolute atomic E-state index is 11.3. The molecule has 1 rings (SSSR count). The Morgan fingerprint density at radius 1 is 1.29 bits per heavy atom. The van der Waals surface area contributed by atoms with Crippen LogP contribution in [0.15, 0.2) is 18.2 Å². The largest absolute Gasteiger partial charge is 0.492 e. The zero-order chi connectivity index (χ0) is 16.0. The maximum Gasteiger partial charge on any atom is 0.339 e. The first-order chi connectivity index (χ1) is 9.78. The molecule has 0 radical (unpaired) electrons. The first-order valence-electron chi connectivity index (χ1n) is 7.78. The minimum Gasteiger partial charge on any atom is -0.492 e. The summed E-state index contributed by atoms with van der Waals surface area (Å²) in [6, 6.07) is 5.52. The summed E-state index contributed by atoms with van der Waals surface area (Å²) in [5.41, 5.74) is 1.42. The normalized spacial score (nSPS) is 13.0. The van der Waals surface area contributed by atoms with Gasteiger partial charge in [0.25, 0.3) is 0 Å². The Bertz CT molecular complexity index is 472. The third-order valence-electron chi connectivity index (χ3n) is 3.50. The lowest BCUT2D eigenvalue weighted by Crippen LogP contribution is -2.18. The molecule has 0 spiro atoms. The molecule has 0 bridgehead atoms. The fourth-order valence-corrected chi connectivity index (χ4v) is 2.34. The van der Waals surface area contributed by atoms with Crippen molar-refractivity contribution < 1.29 is 14.6 Å². The molecule has 0 aliphatic heterocycles. The molecule has 118 valence electrons. The zero-order valence-electron chi connectivity index (χ0n) is 13.9. The highest BCUT2D eigenvalue weighted by atomic mass is 16.5. The second-order valence-electron chi connectivity index (χ2n) is 6.80. The van der Waals surface area contributed by atoms with E-state index in [4.69, 9.17) is 4.74 Å². The monoisotopic (exact) mass is 292 g/mol. The van der Waals surface area contributed by atoms with Crippen LogP contribution in [0, 0.1) is 5.41 Å². The second kappa shape index (κ2) is 7.48. The van der Waals surface area contributed by atoms with Gasteiger partial charge >= 0.3 is 5.97 Å². The van der Waals surface area contributed by atoms with Gasteiger partial charge in [-0.15, -0.1) is 0 Å². The van der Waals surface area contributed by atoms with Crippen LogP contribution in [0.1, 0.15) is 75.7 Å². The molecule has 3 heteroatoms. The highest BCUT2D eigenvalue weighted by Crippen LogP contribution is 2.30. The smallest absolute Gasteiger partial charge is 0.339 e. The average molecular weight is 292 g/mol. The maximum atomic E-state index is 11.3. The van der Waals surface area contributed by atoms with Crippen LogP contribution >= 0.6 is 0 Å². The Morgan fingerprint density at radius 3 is 2.43 bits per heavy atom. The summed E-state index contributed by atoms with van der Waals surface area (Å²) in [4.78, 5) is 11.3. The van der Waals surface area contributed by atoms with E-state index in [0.717, 1.165) is 19.3 Å². The molecule has 1 aromatic carbocycles. The molecule has 1 atom stereocenters. The predicted molar refractivity (Wildman–Crippen MR) is 86.3 cm³/mol. The molecule has 3 nitrogen and oxygen atoms in total. The highest BCUT2D eigenvalue weighted by molar-refractivity contribution is 5.91. The van der Waals surface area contributed by atoms with Crippen molar-refractivity contribution in [2.45, 2.75) is 59.8 Å². The van der Waals surface area contributed by atoms with Crippen molar-refractivity contribution in [3.63, 3.8) is 0 Å². The number of hydrogen-bond donors (Lipinski definition) is 1. The number of carbonyl (C=O) groups is 1. The van der Waals surface area contributed by atoms with Gasteiger partial charge < -0.3 is 9.84 Å². The molecule has 0 amide bonds. The molecular formula is C18H28O3. The fraction of sp³-hybridized carbons (Fsp3) is 0.611. The Labute approximate surface area is 128 Å². The summed E-state index contributed by atoms with van der Waals surface area (Å²) in [5, 5.41) is 9.31. The molecule has 21 heavy (non-hydrogen) atoms. The van der Waals surface area contributed by atoms with Crippen molar-refractivity contribution in [3.05, 3.63) is 29.3 Å². The molecule has 1 aromatic rings. The second-order valence-corrected chi connectivity index (χ2v) is 6.80. The van der Waals surface area contributed by atoms with Crippen LogP contribution in [0.3, 0.4) is 0 Å². The van der Waals surface area contributed by atoms with Crippen LogP contribution in [0.2, 0.25) is 0 Å². The van der Waals surface area contributed by atoms with E-state index in [0.29, 0.717) is 18.3 Å². The van der Waals surface area contributed by atoms with Crippen LogP contribution in [-0.2, 0) is 0 Å². The lowest BCUT2D eigenvalue weighted by molar-refractivity contribution is 0.0689. The molecular weight excluding hydrogens is 264 g/mol. The van der Waals surface area contributed by atoms with Gasteiger partial charge in [-0.2, -0.15) is 0 Å². The Balaban J connectivity index is 3.08.